The molecule has 3 rings (SSSR count). The van der Waals surface area contributed by atoms with Gasteiger partial charge in [-0.25, -0.2) is 0 Å². The maximum Gasteiger partial charge on any atom is 0.0477 e. The van der Waals surface area contributed by atoms with Gasteiger partial charge in [0.25, 0.3) is 0 Å². The van der Waals surface area contributed by atoms with Crippen LogP contribution in [-0.2, 0) is 13.0 Å². The molecule has 3 heteroatoms. The Labute approximate surface area is 127 Å². The summed E-state index contributed by atoms with van der Waals surface area (Å²) in [6.07, 6.45) is 4.88. The lowest BCUT2D eigenvalue weighted by Gasteiger charge is -2.36. The maximum absolute atomic E-state index is 4.13. The van der Waals surface area contributed by atoms with E-state index in [1.807, 2.05) is 12.4 Å². The third-order valence-electron chi connectivity index (χ3n) is 4.26. The largest absolute Gasteiger partial charge is 0.314 e. The molecule has 2 heterocycles. The number of benzene rings is 1. The molecule has 0 saturated carbocycles. The van der Waals surface area contributed by atoms with E-state index in [0.717, 1.165) is 32.6 Å². The molecule has 1 aromatic carbocycles. The van der Waals surface area contributed by atoms with Gasteiger partial charge in [-0.05, 0) is 35.2 Å². The standard InChI is InChI=1S/C18H23N3/c1-2-15-3-5-16(6-4-15)14-21-12-11-20-13-18(21)17-7-9-19-10-8-17/h3-10,18,20H,2,11-14H2,1H3. The minimum absolute atomic E-state index is 0.438. The van der Waals surface area contributed by atoms with Crippen LogP contribution in [0.2, 0.25) is 0 Å². The van der Waals surface area contributed by atoms with Gasteiger partial charge in [-0.3, -0.25) is 9.88 Å². The quantitative estimate of drug-likeness (QED) is 0.934. The van der Waals surface area contributed by atoms with Crippen LogP contribution in [0, 0.1) is 0 Å². The van der Waals surface area contributed by atoms with Crippen LogP contribution < -0.4 is 5.32 Å². The normalized spacial score (nSPS) is 19.6. The van der Waals surface area contributed by atoms with Gasteiger partial charge in [-0.1, -0.05) is 31.2 Å². The molecule has 1 unspecified atom stereocenters. The SMILES string of the molecule is CCc1ccc(CN2CCNCC2c2ccncc2)cc1. The molecule has 1 aromatic heterocycles. The molecule has 2 aromatic rings. The van der Waals surface area contributed by atoms with Crippen LogP contribution in [0.4, 0.5) is 0 Å². The molecule has 1 fully saturated rings. The first-order valence-corrected chi connectivity index (χ1v) is 7.79. The van der Waals surface area contributed by atoms with Gasteiger partial charge in [0, 0.05) is 44.6 Å². The fraction of sp³-hybridized carbons (Fsp3) is 0.389. The molecule has 1 aliphatic heterocycles. The molecule has 1 aliphatic rings. The molecule has 1 saturated heterocycles. The summed E-state index contributed by atoms with van der Waals surface area (Å²) < 4.78 is 0. The molecule has 3 nitrogen and oxygen atoms in total. The number of aryl methyl sites for hydroxylation is 1. The Morgan fingerprint density at radius 1 is 1.10 bits per heavy atom. The van der Waals surface area contributed by atoms with Gasteiger partial charge >= 0.3 is 0 Å². The van der Waals surface area contributed by atoms with Crippen LogP contribution >= 0.6 is 0 Å². The van der Waals surface area contributed by atoms with Crippen LogP contribution in [0.15, 0.2) is 48.8 Å². The zero-order chi connectivity index (χ0) is 14.5. The molecular weight excluding hydrogens is 258 g/mol. The Morgan fingerprint density at radius 3 is 2.52 bits per heavy atom. The van der Waals surface area contributed by atoms with E-state index in [9.17, 15) is 0 Å². The van der Waals surface area contributed by atoms with Crippen molar-refractivity contribution in [1.82, 2.24) is 15.2 Å². The highest BCUT2D eigenvalue weighted by molar-refractivity contribution is 5.23. The number of nitrogens with one attached hydrogen (secondary N) is 1. The van der Waals surface area contributed by atoms with Gasteiger partial charge in [0.15, 0.2) is 0 Å². The van der Waals surface area contributed by atoms with Crippen molar-refractivity contribution in [2.75, 3.05) is 19.6 Å². The number of aromatic nitrogens is 1. The van der Waals surface area contributed by atoms with Gasteiger partial charge in [0.2, 0.25) is 0 Å². The lowest BCUT2D eigenvalue weighted by Crippen LogP contribution is -2.45. The van der Waals surface area contributed by atoms with Crippen molar-refractivity contribution in [3.8, 4) is 0 Å². The molecule has 0 bridgehead atoms. The fourth-order valence-electron chi connectivity index (χ4n) is 2.96. The minimum atomic E-state index is 0.438. The van der Waals surface area contributed by atoms with Crippen molar-refractivity contribution in [3.63, 3.8) is 0 Å². The highest BCUT2D eigenvalue weighted by Gasteiger charge is 2.23. The van der Waals surface area contributed by atoms with Crippen LogP contribution in [0.3, 0.4) is 0 Å². The summed E-state index contributed by atoms with van der Waals surface area (Å²) in [4.78, 5) is 6.69. The predicted octanol–water partition coefficient (Wildman–Crippen LogP) is 2.79. The molecule has 110 valence electrons. The third-order valence-corrected chi connectivity index (χ3v) is 4.26. The van der Waals surface area contributed by atoms with Gasteiger partial charge in [-0.2, -0.15) is 0 Å². The van der Waals surface area contributed by atoms with Gasteiger partial charge in [-0.15, -0.1) is 0 Å². The lowest BCUT2D eigenvalue weighted by molar-refractivity contribution is 0.153. The Morgan fingerprint density at radius 2 is 1.81 bits per heavy atom. The Hall–Kier alpha value is -1.71. The third kappa shape index (κ3) is 3.49. The second-order valence-corrected chi connectivity index (χ2v) is 5.64. The topological polar surface area (TPSA) is 28.2 Å². The first-order valence-electron chi connectivity index (χ1n) is 7.79. The van der Waals surface area contributed by atoms with E-state index in [1.54, 1.807) is 0 Å². The van der Waals surface area contributed by atoms with E-state index in [-0.39, 0.29) is 0 Å². The number of piperazine rings is 1. The summed E-state index contributed by atoms with van der Waals surface area (Å²) in [6.45, 7) is 6.37. The van der Waals surface area contributed by atoms with Crippen LogP contribution in [0.25, 0.3) is 0 Å². The number of rotatable bonds is 4. The predicted molar refractivity (Wildman–Crippen MR) is 86.1 cm³/mol. The van der Waals surface area contributed by atoms with Gasteiger partial charge < -0.3 is 5.32 Å². The molecular formula is C18H23N3. The van der Waals surface area contributed by atoms with Gasteiger partial charge in [0.1, 0.15) is 0 Å². The van der Waals surface area contributed by atoms with Crippen molar-refractivity contribution in [2.24, 2.45) is 0 Å². The van der Waals surface area contributed by atoms with Crippen LogP contribution in [0.1, 0.15) is 29.7 Å². The second-order valence-electron chi connectivity index (χ2n) is 5.64. The zero-order valence-corrected chi connectivity index (χ0v) is 12.6. The van der Waals surface area contributed by atoms with E-state index >= 15 is 0 Å². The van der Waals surface area contributed by atoms with E-state index in [0.29, 0.717) is 6.04 Å². The number of pyridine rings is 1. The van der Waals surface area contributed by atoms with Crippen molar-refractivity contribution in [2.45, 2.75) is 25.9 Å². The summed E-state index contributed by atoms with van der Waals surface area (Å²) in [5.41, 5.74) is 4.15. The Balaban J connectivity index is 1.75. The highest BCUT2D eigenvalue weighted by Crippen LogP contribution is 2.23. The average Bonchev–Trinajstić information content (AvgIpc) is 2.57. The van der Waals surface area contributed by atoms with Crippen molar-refractivity contribution in [1.29, 1.82) is 0 Å². The maximum atomic E-state index is 4.13. The number of hydrogen-bond acceptors (Lipinski definition) is 3. The van der Waals surface area contributed by atoms with E-state index < -0.39 is 0 Å². The molecule has 0 amide bonds. The summed E-state index contributed by atoms with van der Waals surface area (Å²) >= 11 is 0. The Bertz CT molecular complexity index is 550. The summed E-state index contributed by atoms with van der Waals surface area (Å²) in [7, 11) is 0. The average molecular weight is 281 g/mol. The molecule has 0 radical (unpaired) electrons. The van der Waals surface area contributed by atoms with E-state index in [4.69, 9.17) is 0 Å². The van der Waals surface area contributed by atoms with Crippen LogP contribution in [-0.4, -0.2) is 29.5 Å². The molecule has 1 atom stereocenters. The monoisotopic (exact) mass is 281 g/mol. The summed E-state index contributed by atoms with van der Waals surface area (Å²) in [5.74, 6) is 0. The van der Waals surface area contributed by atoms with Crippen LogP contribution in [0.5, 0.6) is 0 Å². The van der Waals surface area contributed by atoms with Crippen molar-refractivity contribution < 1.29 is 0 Å². The van der Waals surface area contributed by atoms with Crippen molar-refractivity contribution in [3.05, 3.63) is 65.5 Å². The fourth-order valence-corrected chi connectivity index (χ4v) is 2.96. The molecule has 0 spiro atoms. The number of hydrogen-bond donors (Lipinski definition) is 1. The minimum Gasteiger partial charge on any atom is -0.314 e. The smallest absolute Gasteiger partial charge is 0.0477 e. The zero-order valence-electron chi connectivity index (χ0n) is 12.6. The summed E-state index contributed by atoms with van der Waals surface area (Å²) in [6, 6.07) is 13.7. The Kier molecular flexibility index (Phi) is 4.63. The lowest BCUT2D eigenvalue weighted by atomic mass is 10.0. The molecule has 21 heavy (non-hydrogen) atoms. The second kappa shape index (κ2) is 6.83. The highest BCUT2D eigenvalue weighted by atomic mass is 15.2. The van der Waals surface area contributed by atoms with E-state index in [2.05, 4.69) is 58.5 Å². The molecule has 0 aliphatic carbocycles. The van der Waals surface area contributed by atoms with E-state index in [1.165, 1.54) is 16.7 Å². The van der Waals surface area contributed by atoms with Gasteiger partial charge in [0.05, 0.1) is 0 Å². The first-order chi connectivity index (χ1) is 10.4. The first kappa shape index (κ1) is 14.2. The summed E-state index contributed by atoms with van der Waals surface area (Å²) in [5, 5.41) is 3.51. The molecule has 1 N–H and O–H groups in total. The number of nitrogens with zero attached hydrogens (tertiary/aromatic N) is 2. The van der Waals surface area contributed by atoms with Crippen molar-refractivity contribution >= 4 is 0 Å².